The quantitative estimate of drug-likeness (QED) is 0.907. The Kier molecular flexibility index (Phi) is 3.96. The van der Waals surface area contributed by atoms with Crippen LogP contribution in [0.25, 0.3) is 5.65 Å². The van der Waals surface area contributed by atoms with Crippen LogP contribution in [0, 0.1) is 0 Å². The zero-order valence-corrected chi connectivity index (χ0v) is 10.4. The Hall–Kier alpha value is -1.75. The SMILES string of the molecule is CC(C)Oc1cn2cc(C(N)=O)ccc2n1.Cl. The molecule has 2 aromatic rings. The number of ether oxygens (including phenoxy) is 1. The highest BCUT2D eigenvalue weighted by Gasteiger charge is 2.06. The third-order valence-electron chi connectivity index (χ3n) is 2.07. The molecule has 0 spiro atoms. The Labute approximate surface area is 105 Å². The second-order valence-electron chi connectivity index (χ2n) is 3.79. The van der Waals surface area contributed by atoms with E-state index in [-0.39, 0.29) is 18.5 Å². The minimum atomic E-state index is -0.457. The number of aromatic nitrogens is 2. The van der Waals surface area contributed by atoms with E-state index in [1.165, 1.54) is 0 Å². The Morgan fingerprint density at radius 2 is 2.12 bits per heavy atom. The number of imidazole rings is 1. The molecule has 0 bridgehead atoms. The lowest BCUT2D eigenvalue weighted by Gasteiger charge is -2.03. The predicted molar refractivity (Wildman–Crippen MR) is 66.7 cm³/mol. The van der Waals surface area contributed by atoms with E-state index in [9.17, 15) is 4.79 Å². The molecule has 0 fully saturated rings. The number of nitrogens with two attached hydrogens (primary N) is 1. The lowest BCUT2D eigenvalue weighted by Crippen LogP contribution is -2.11. The van der Waals surface area contributed by atoms with Gasteiger partial charge in [0.25, 0.3) is 0 Å². The third kappa shape index (κ3) is 2.88. The molecule has 0 saturated heterocycles. The highest BCUT2D eigenvalue weighted by molar-refractivity contribution is 5.92. The summed E-state index contributed by atoms with van der Waals surface area (Å²) >= 11 is 0. The zero-order valence-electron chi connectivity index (χ0n) is 9.58. The Bertz CT molecular complexity index is 536. The van der Waals surface area contributed by atoms with Crippen LogP contribution in [-0.2, 0) is 0 Å². The van der Waals surface area contributed by atoms with Crippen molar-refractivity contribution in [2.24, 2.45) is 5.73 Å². The Morgan fingerprint density at radius 3 is 2.71 bits per heavy atom. The van der Waals surface area contributed by atoms with Gasteiger partial charge >= 0.3 is 0 Å². The maximum Gasteiger partial charge on any atom is 0.250 e. The van der Waals surface area contributed by atoms with Crippen LogP contribution in [0.5, 0.6) is 5.88 Å². The van der Waals surface area contributed by atoms with Crippen molar-refractivity contribution >= 4 is 24.0 Å². The molecule has 0 unspecified atom stereocenters. The number of amides is 1. The molecule has 17 heavy (non-hydrogen) atoms. The van der Waals surface area contributed by atoms with Gasteiger partial charge in [-0.25, -0.2) is 0 Å². The highest BCUT2D eigenvalue weighted by atomic mass is 35.5. The molecule has 0 saturated carbocycles. The van der Waals surface area contributed by atoms with E-state index in [1.54, 1.807) is 28.9 Å². The molecule has 1 amide bonds. The van der Waals surface area contributed by atoms with E-state index >= 15 is 0 Å². The maximum absolute atomic E-state index is 11.0. The molecule has 92 valence electrons. The number of rotatable bonds is 3. The molecule has 2 N–H and O–H groups in total. The Balaban J connectivity index is 0.00000144. The van der Waals surface area contributed by atoms with Gasteiger partial charge in [0.15, 0.2) is 0 Å². The average molecular weight is 256 g/mol. The van der Waals surface area contributed by atoms with Gasteiger partial charge in [-0.1, -0.05) is 0 Å². The number of carbonyl (C=O) groups is 1. The maximum atomic E-state index is 11.0. The molecule has 0 aliphatic heterocycles. The van der Waals surface area contributed by atoms with Crippen molar-refractivity contribution in [3.05, 3.63) is 30.1 Å². The fourth-order valence-corrected chi connectivity index (χ4v) is 1.41. The molecule has 2 rings (SSSR count). The van der Waals surface area contributed by atoms with Crippen molar-refractivity contribution in [3.8, 4) is 5.88 Å². The first-order valence-electron chi connectivity index (χ1n) is 5.01. The molecular formula is C11H14ClN3O2. The van der Waals surface area contributed by atoms with Gasteiger partial charge in [-0.3, -0.25) is 4.79 Å². The van der Waals surface area contributed by atoms with Gasteiger partial charge in [0.2, 0.25) is 11.8 Å². The van der Waals surface area contributed by atoms with Crippen LogP contribution in [0.15, 0.2) is 24.5 Å². The average Bonchev–Trinajstić information content (AvgIpc) is 2.56. The van der Waals surface area contributed by atoms with Gasteiger partial charge in [0.1, 0.15) is 5.65 Å². The standard InChI is InChI=1S/C11H13N3O2.ClH/c1-7(2)16-10-6-14-5-8(11(12)15)3-4-9(14)13-10;/h3-7H,1-2H3,(H2,12,15);1H. The van der Waals surface area contributed by atoms with Crippen molar-refractivity contribution in [2.45, 2.75) is 20.0 Å². The van der Waals surface area contributed by atoms with Crippen LogP contribution in [0.4, 0.5) is 0 Å². The summed E-state index contributed by atoms with van der Waals surface area (Å²) in [5.74, 6) is 0.0820. The Morgan fingerprint density at radius 1 is 1.41 bits per heavy atom. The molecule has 0 radical (unpaired) electrons. The summed E-state index contributed by atoms with van der Waals surface area (Å²) in [7, 11) is 0. The van der Waals surface area contributed by atoms with Gasteiger partial charge in [-0.05, 0) is 26.0 Å². The van der Waals surface area contributed by atoms with Crippen LogP contribution in [-0.4, -0.2) is 21.4 Å². The fraction of sp³-hybridized carbons (Fsp3) is 0.273. The summed E-state index contributed by atoms with van der Waals surface area (Å²) in [6, 6.07) is 3.37. The summed E-state index contributed by atoms with van der Waals surface area (Å²) in [5.41, 5.74) is 6.36. The zero-order chi connectivity index (χ0) is 11.7. The molecule has 0 atom stereocenters. The number of fused-ring (bicyclic) bond motifs is 1. The van der Waals surface area contributed by atoms with Crippen LogP contribution in [0.2, 0.25) is 0 Å². The largest absolute Gasteiger partial charge is 0.474 e. The van der Waals surface area contributed by atoms with Crippen molar-refractivity contribution in [1.82, 2.24) is 9.38 Å². The van der Waals surface area contributed by atoms with Crippen molar-refractivity contribution in [2.75, 3.05) is 0 Å². The van der Waals surface area contributed by atoms with Gasteiger partial charge in [0.05, 0.1) is 17.9 Å². The van der Waals surface area contributed by atoms with Gasteiger partial charge in [0, 0.05) is 6.20 Å². The van der Waals surface area contributed by atoms with E-state index in [2.05, 4.69) is 4.98 Å². The molecular weight excluding hydrogens is 242 g/mol. The molecule has 0 aliphatic rings. The first kappa shape index (κ1) is 13.3. The fourth-order valence-electron chi connectivity index (χ4n) is 1.41. The number of hydrogen-bond donors (Lipinski definition) is 1. The van der Waals surface area contributed by atoms with Crippen molar-refractivity contribution < 1.29 is 9.53 Å². The summed E-state index contributed by atoms with van der Waals surface area (Å²) < 4.78 is 7.17. The molecule has 5 nitrogen and oxygen atoms in total. The number of carbonyl (C=O) groups excluding carboxylic acids is 1. The molecule has 2 heterocycles. The topological polar surface area (TPSA) is 69.6 Å². The number of nitrogens with zero attached hydrogens (tertiary/aromatic N) is 2. The van der Waals surface area contributed by atoms with E-state index < -0.39 is 5.91 Å². The lowest BCUT2D eigenvalue weighted by molar-refractivity contribution is 0.1000. The highest BCUT2D eigenvalue weighted by Crippen LogP contribution is 2.14. The normalized spacial score (nSPS) is 10.3. The molecule has 2 aromatic heterocycles. The minimum absolute atomic E-state index is 0. The van der Waals surface area contributed by atoms with E-state index in [4.69, 9.17) is 10.5 Å². The second-order valence-corrected chi connectivity index (χ2v) is 3.79. The smallest absolute Gasteiger partial charge is 0.250 e. The summed E-state index contributed by atoms with van der Waals surface area (Å²) in [5, 5.41) is 0. The first-order valence-corrected chi connectivity index (χ1v) is 5.01. The summed E-state index contributed by atoms with van der Waals surface area (Å²) in [6.07, 6.45) is 3.43. The van der Waals surface area contributed by atoms with Crippen molar-refractivity contribution in [1.29, 1.82) is 0 Å². The predicted octanol–water partition coefficient (Wildman–Crippen LogP) is 1.64. The van der Waals surface area contributed by atoms with Crippen LogP contribution in [0.1, 0.15) is 24.2 Å². The summed E-state index contributed by atoms with van der Waals surface area (Å²) in [6.45, 7) is 3.86. The van der Waals surface area contributed by atoms with Gasteiger partial charge in [-0.2, -0.15) is 4.98 Å². The number of primary amides is 1. The van der Waals surface area contributed by atoms with Crippen LogP contribution >= 0.6 is 12.4 Å². The van der Waals surface area contributed by atoms with Crippen LogP contribution in [0.3, 0.4) is 0 Å². The van der Waals surface area contributed by atoms with Crippen LogP contribution < -0.4 is 10.5 Å². The number of pyridine rings is 1. The van der Waals surface area contributed by atoms with E-state index in [1.807, 2.05) is 13.8 Å². The molecule has 6 heteroatoms. The number of hydrogen-bond acceptors (Lipinski definition) is 3. The third-order valence-corrected chi connectivity index (χ3v) is 2.07. The van der Waals surface area contributed by atoms with Crippen molar-refractivity contribution in [3.63, 3.8) is 0 Å². The van der Waals surface area contributed by atoms with Gasteiger partial charge in [-0.15, -0.1) is 12.4 Å². The first-order chi connectivity index (χ1) is 7.56. The van der Waals surface area contributed by atoms with E-state index in [0.717, 1.165) is 5.65 Å². The lowest BCUT2D eigenvalue weighted by atomic mass is 10.3. The number of halogens is 1. The van der Waals surface area contributed by atoms with Gasteiger partial charge < -0.3 is 14.9 Å². The minimum Gasteiger partial charge on any atom is -0.474 e. The summed E-state index contributed by atoms with van der Waals surface area (Å²) in [4.78, 5) is 15.2. The van der Waals surface area contributed by atoms with E-state index in [0.29, 0.717) is 11.4 Å². The molecule has 0 aliphatic carbocycles. The monoisotopic (exact) mass is 255 g/mol. The molecule has 0 aromatic carbocycles. The second kappa shape index (κ2) is 5.05.